The van der Waals surface area contributed by atoms with Gasteiger partial charge in [0.25, 0.3) is 5.91 Å². The van der Waals surface area contributed by atoms with Gasteiger partial charge in [-0.05, 0) is 69.7 Å². The minimum Gasteiger partial charge on any atom is -0.493 e. The number of hydrogen-bond acceptors (Lipinski definition) is 3. The van der Waals surface area contributed by atoms with Crippen LogP contribution in [0.25, 0.3) is 0 Å². The Kier molecular flexibility index (Phi) is 7.38. The quantitative estimate of drug-likeness (QED) is 0.475. The molecule has 0 unspecified atom stereocenters. The summed E-state index contributed by atoms with van der Waals surface area (Å²) in [5, 5.41) is 2.76. The lowest BCUT2D eigenvalue weighted by Gasteiger charge is -2.32. The van der Waals surface area contributed by atoms with Crippen LogP contribution in [0.15, 0.2) is 18.2 Å². The van der Waals surface area contributed by atoms with Gasteiger partial charge < -0.3 is 10.1 Å². The molecule has 0 atom stereocenters. The van der Waals surface area contributed by atoms with Crippen molar-refractivity contribution in [3.8, 4) is 5.75 Å². The lowest BCUT2D eigenvalue weighted by Crippen LogP contribution is -2.40. The molecule has 162 valence electrons. The van der Waals surface area contributed by atoms with E-state index >= 15 is 0 Å². The first-order valence-corrected chi connectivity index (χ1v) is 10.3. The zero-order chi connectivity index (χ0) is 20.9. The van der Waals surface area contributed by atoms with Crippen LogP contribution in [0.2, 0.25) is 0 Å². The number of carbonyl (C=O) groups is 1. The largest absolute Gasteiger partial charge is 0.493 e. The van der Waals surface area contributed by atoms with Crippen molar-refractivity contribution >= 4 is 5.91 Å². The molecule has 0 bridgehead atoms. The van der Waals surface area contributed by atoms with Crippen LogP contribution in [-0.2, 0) is 0 Å². The second-order valence-electron chi connectivity index (χ2n) is 8.07. The third-order valence-corrected chi connectivity index (χ3v) is 5.48. The molecule has 0 radical (unpaired) electrons. The minimum absolute atomic E-state index is 0.0288. The molecule has 29 heavy (non-hydrogen) atoms. The highest BCUT2D eigenvalue weighted by molar-refractivity contribution is 5.95. The first-order chi connectivity index (χ1) is 13.8. The number of rotatable bonds is 9. The summed E-state index contributed by atoms with van der Waals surface area (Å²) >= 11 is 0. The fourth-order valence-corrected chi connectivity index (χ4v) is 3.67. The van der Waals surface area contributed by atoms with Gasteiger partial charge in [0.05, 0.1) is 18.7 Å². The average Bonchev–Trinajstić information content (AvgIpc) is 3.45. The predicted molar refractivity (Wildman–Crippen MR) is 101 cm³/mol. The van der Waals surface area contributed by atoms with Crippen molar-refractivity contribution in [1.82, 2.24) is 10.2 Å². The number of amides is 1. The van der Waals surface area contributed by atoms with E-state index < -0.39 is 24.4 Å². The summed E-state index contributed by atoms with van der Waals surface area (Å²) in [5.41, 5.74) is 0.0288. The summed E-state index contributed by atoms with van der Waals surface area (Å²) in [4.78, 5) is 13.4. The molecular formula is C21H28F4N2O2. The van der Waals surface area contributed by atoms with Gasteiger partial charge >= 0.3 is 6.18 Å². The summed E-state index contributed by atoms with van der Waals surface area (Å²) in [7, 11) is 0. The normalized spacial score (nSPS) is 18.6. The number of nitrogens with zero attached hydrogens (tertiary/aromatic N) is 1. The van der Waals surface area contributed by atoms with Gasteiger partial charge in [0.2, 0.25) is 0 Å². The smallest absolute Gasteiger partial charge is 0.401 e. The summed E-state index contributed by atoms with van der Waals surface area (Å²) < 4.78 is 56.9. The number of alkyl halides is 3. The molecule has 3 rings (SSSR count). The zero-order valence-electron chi connectivity index (χ0n) is 16.4. The van der Waals surface area contributed by atoms with Gasteiger partial charge in [0.15, 0.2) is 0 Å². The number of nitrogens with one attached hydrogen (secondary N) is 1. The van der Waals surface area contributed by atoms with Crippen LogP contribution in [0.5, 0.6) is 5.75 Å². The van der Waals surface area contributed by atoms with E-state index in [1.165, 1.54) is 17.0 Å². The Morgan fingerprint density at radius 2 is 1.86 bits per heavy atom. The van der Waals surface area contributed by atoms with Crippen LogP contribution < -0.4 is 10.1 Å². The molecule has 0 spiro atoms. The highest BCUT2D eigenvalue weighted by atomic mass is 19.4. The first kappa shape index (κ1) is 21.9. The first-order valence-electron chi connectivity index (χ1n) is 10.3. The lowest BCUT2D eigenvalue weighted by atomic mass is 9.91. The van der Waals surface area contributed by atoms with Crippen molar-refractivity contribution in [1.29, 1.82) is 0 Å². The molecular weight excluding hydrogens is 388 g/mol. The van der Waals surface area contributed by atoms with Crippen molar-refractivity contribution in [3.63, 3.8) is 0 Å². The Morgan fingerprint density at radius 3 is 2.48 bits per heavy atom. The zero-order valence-corrected chi connectivity index (χ0v) is 16.4. The van der Waals surface area contributed by atoms with E-state index in [-0.39, 0.29) is 11.6 Å². The summed E-state index contributed by atoms with van der Waals surface area (Å²) in [6, 6.07) is 4.45. The monoisotopic (exact) mass is 416 g/mol. The van der Waals surface area contributed by atoms with E-state index in [0.29, 0.717) is 31.4 Å². The van der Waals surface area contributed by atoms with E-state index in [9.17, 15) is 22.4 Å². The number of hydrogen-bond donors (Lipinski definition) is 1. The fourth-order valence-electron chi connectivity index (χ4n) is 3.67. The number of piperidine rings is 1. The second-order valence-corrected chi connectivity index (χ2v) is 8.07. The maximum atomic E-state index is 14.1. The fraction of sp³-hybridized carbons (Fsp3) is 0.667. The summed E-state index contributed by atoms with van der Waals surface area (Å²) in [6.45, 7) is 0.631. The van der Waals surface area contributed by atoms with E-state index in [1.807, 2.05) is 0 Å². The average molecular weight is 416 g/mol. The molecule has 1 saturated carbocycles. The maximum absolute atomic E-state index is 14.1. The number of likely N-dealkylation sites (tertiary alicyclic amines) is 1. The van der Waals surface area contributed by atoms with Crippen molar-refractivity contribution in [2.75, 3.05) is 26.2 Å². The lowest BCUT2D eigenvalue weighted by molar-refractivity contribution is -0.148. The van der Waals surface area contributed by atoms with Gasteiger partial charge in [-0.1, -0.05) is 6.42 Å². The van der Waals surface area contributed by atoms with Crippen LogP contribution >= 0.6 is 0 Å². The Labute approximate surface area is 168 Å². The molecule has 1 heterocycles. The molecule has 2 aliphatic rings. The molecule has 8 heteroatoms. The molecule has 2 fully saturated rings. The van der Waals surface area contributed by atoms with Crippen LogP contribution in [-0.4, -0.2) is 49.3 Å². The summed E-state index contributed by atoms with van der Waals surface area (Å²) in [6.07, 6.45) is 2.06. The Bertz CT molecular complexity index is 684. The van der Waals surface area contributed by atoms with E-state index in [1.54, 1.807) is 6.07 Å². The molecule has 1 N–H and O–H groups in total. The van der Waals surface area contributed by atoms with Gasteiger partial charge in [-0.3, -0.25) is 9.69 Å². The van der Waals surface area contributed by atoms with Crippen LogP contribution in [0, 0.1) is 11.7 Å². The van der Waals surface area contributed by atoms with Gasteiger partial charge in [0, 0.05) is 12.1 Å². The van der Waals surface area contributed by atoms with Crippen LogP contribution in [0.1, 0.15) is 55.3 Å². The predicted octanol–water partition coefficient (Wildman–Crippen LogP) is 4.54. The molecule has 1 saturated heterocycles. The molecule has 1 amide bonds. The maximum Gasteiger partial charge on any atom is 0.401 e. The number of halogens is 4. The highest BCUT2D eigenvalue weighted by Gasteiger charge is 2.32. The molecule has 1 aromatic carbocycles. The third kappa shape index (κ3) is 7.49. The number of unbranched alkanes of at least 4 members (excludes halogenated alkanes) is 1. The number of benzene rings is 1. The second kappa shape index (κ2) is 9.78. The molecule has 1 aliphatic heterocycles. The van der Waals surface area contributed by atoms with Crippen molar-refractivity contribution in [2.45, 2.75) is 57.2 Å². The standard InChI is InChI=1S/C21H28F4N2O2/c22-19-13-17(6-7-18(19)20(28)26-16-4-5-16)29-12-2-1-3-15-8-10-27(11-9-15)14-21(23,24)25/h6-7,13,15-16H,1-5,8-12,14H2,(H,26,28). The Balaban J connectivity index is 1.30. The van der Waals surface area contributed by atoms with Crippen molar-refractivity contribution in [2.24, 2.45) is 5.92 Å². The van der Waals surface area contributed by atoms with Gasteiger partial charge in [0.1, 0.15) is 11.6 Å². The number of ether oxygens (including phenoxy) is 1. The van der Waals surface area contributed by atoms with Crippen LogP contribution in [0.4, 0.5) is 17.6 Å². The van der Waals surface area contributed by atoms with E-state index in [4.69, 9.17) is 4.74 Å². The molecule has 0 aromatic heterocycles. The molecule has 4 nitrogen and oxygen atoms in total. The molecule has 1 aromatic rings. The van der Waals surface area contributed by atoms with E-state index in [2.05, 4.69) is 5.32 Å². The van der Waals surface area contributed by atoms with Gasteiger partial charge in [-0.15, -0.1) is 0 Å². The topological polar surface area (TPSA) is 41.6 Å². The third-order valence-electron chi connectivity index (χ3n) is 5.48. The molecule has 1 aliphatic carbocycles. The van der Waals surface area contributed by atoms with Crippen LogP contribution in [0.3, 0.4) is 0 Å². The Morgan fingerprint density at radius 1 is 1.14 bits per heavy atom. The number of carbonyl (C=O) groups excluding carboxylic acids is 1. The summed E-state index contributed by atoms with van der Waals surface area (Å²) in [5.74, 6) is -0.128. The van der Waals surface area contributed by atoms with Crippen molar-refractivity contribution in [3.05, 3.63) is 29.6 Å². The highest BCUT2D eigenvalue weighted by Crippen LogP contribution is 2.26. The van der Waals surface area contributed by atoms with E-state index in [0.717, 1.165) is 44.9 Å². The van der Waals surface area contributed by atoms with Gasteiger partial charge in [-0.2, -0.15) is 13.2 Å². The Hall–Kier alpha value is -1.83. The van der Waals surface area contributed by atoms with Crippen molar-refractivity contribution < 1.29 is 27.1 Å². The SMILES string of the molecule is O=C(NC1CC1)c1ccc(OCCCCC2CCN(CC(F)(F)F)CC2)cc1F. The van der Waals surface area contributed by atoms with Gasteiger partial charge in [-0.25, -0.2) is 4.39 Å². The minimum atomic E-state index is -4.12.